The van der Waals surface area contributed by atoms with Crippen molar-refractivity contribution in [2.24, 2.45) is 0 Å². The van der Waals surface area contributed by atoms with E-state index in [1.165, 1.54) is 0 Å². The van der Waals surface area contributed by atoms with Gasteiger partial charge in [-0.15, -0.1) is 0 Å². The third-order valence-corrected chi connectivity index (χ3v) is 10.2. The second kappa shape index (κ2) is 4.85. The minimum atomic E-state index is -1.88. The van der Waals surface area contributed by atoms with Crippen LogP contribution in [0.4, 0.5) is 0 Å². The zero-order valence-electron chi connectivity index (χ0n) is 9.80. The van der Waals surface area contributed by atoms with E-state index in [1.54, 1.807) is 7.11 Å². The molecule has 0 aliphatic rings. The van der Waals surface area contributed by atoms with Crippen molar-refractivity contribution >= 4 is 26.2 Å². The molecule has 0 radical (unpaired) electrons. The Bertz CT molecular complexity index is 156. The molecule has 3 nitrogen and oxygen atoms in total. The lowest BCUT2D eigenvalue weighted by Crippen LogP contribution is -2.44. The van der Waals surface area contributed by atoms with Gasteiger partial charge in [-0.25, -0.2) is 0 Å². The fraction of sp³-hybridized carbons (Fsp3) is 1.00. The van der Waals surface area contributed by atoms with Crippen molar-refractivity contribution in [1.29, 1.82) is 0 Å². The van der Waals surface area contributed by atoms with Crippen LogP contribution in [-0.2, 0) is 12.7 Å². The molecular formula is C7H22O3Si3. The molecule has 0 amide bonds. The summed E-state index contributed by atoms with van der Waals surface area (Å²) >= 11 is 0. The molecule has 0 N–H and O–H groups in total. The maximum atomic E-state index is 5.89. The summed E-state index contributed by atoms with van der Waals surface area (Å²) in [4.78, 5) is 0. The summed E-state index contributed by atoms with van der Waals surface area (Å²) in [7, 11) is -3.07. The van der Waals surface area contributed by atoms with E-state index in [2.05, 4.69) is 26.2 Å². The van der Waals surface area contributed by atoms with Gasteiger partial charge in [0.05, 0.1) is 0 Å². The van der Waals surface area contributed by atoms with Crippen molar-refractivity contribution in [3.63, 3.8) is 0 Å². The molecule has 1 atom stereocenters. The highest BCUT2D eigenvalue weighted by molar-refractivity contribution is 6.79. The summed E-state index contributed by atoms with van der Waals surface area (Å²) in [5, 5.41) is 0. The molecule has 13 heavy (non-hydrogen) atoms. The van der Waals surface area contributed by atoms with Crippen molar-refractivity contribution in [1.82, 2.24) is 0 Å². The van der Waals surface area contributed by atoms with E-state index in [9.17, 15) is 0 Å². The molecule has 0 aliphatic carbocycles. The van der Waals surface area contributed by atoms with Gasteiger partial charge in [-0.05, 0) is 39.3 Å². The molecule has 0 saturated carbocycles. The normalized spacial score (nSPS) is 15.9. The summed E-state index contributed by atoms with van der Waals surface area (Å²) in [6.45, 7) is 12.7. The molecule has 0 aromatic carbocycles. The van der Waals surface area contributed by atoms with Crippen molar-refractivity contribution in [3.05, 3.63) is 0 Å². The third-order valence-electron chi connectivity index (χ3n) is 1.46. The molecule has 0 fully saturated rings. The van der Waals surface area contributed by atoms with Gasteiger partial charge in [-0.1, -0.05) is 0 Å². The lowest BCUT2D eigenvalue weighted by atomic mass is 11.8. The van der Waals surface area contributed by atoms with Gasteiger partial charge in [0.15, 0.2) is 8.32 Å². The smallest absolute Gasteiger partial charge is 0.322 e. The summed E-state index contributed by atoms with van der Waals surface area (Å²) < 4.78 is 17.0. The molecule has 1 unspecified atom stereocenters. The summed E-state index contributed by atoms with van der Waals surface area (Å²) in [5.41, 5.74) is 0. The van der Waals surface area contributed by atoms with Crippen LogP contribution in [0.15, 0.2) is 0 Å². The van der Waals surface area contributed by atoms with Gasteiger partial charge in [0.1, 0.15) is 0 Å². The van der Waals surface area contributed by atoms with Crippen molar-refractivity contribution < 1.29 is 12.7 Å². The summed E-state index contributed by atoms with van der Waals surface area (Å²) in [6.07, 6.45) is 0. The molecule has 0 bridgehead atoms. The number of rotatable bonds is 5. The Hall–Kier alpha value is 0.531. The fourth-order valence-corrected chi connectivity index (χ4v) is 9.16. The van der Waals surface area contributed by atoms with Crippen LogP contribution in [0.2, 0.25) is 39.3 Å². The van der Waals surface area contributed by atoms with E-state index in [-0.39, 0.29) is 0 Å². The Kier molecular flexibility index (Phi) is 5.05. The summed E-state index contributed by atoms with van der Waals surface area (Å²) in [5.74, 6) is 0. The Labute approximate surface area is 85.6 Å². The Balaban J connectivity index is 3.94. The maximum absolute atomic E-state index is 5.89. The number of hydrogen-bond donors (Lipinski definition) is 0. The minimum Gasteiger partial charge on any atom is -0.439 e. The molecular weight excluding hydrogens is 216 g/mol. The predicted molar refractivity (Wildman–Crippen MR) is 63.0 cm³/mol. The van der Waals surface area contributed by atoms with Gasteiger partial charge >= 0.3 is 8.56 Å². The van der Waals surface area contributed by atoms with Gasteiger partial charge in [0.2, 0.25) is 0 Å². The Morgan fingerprint density at radius 2 is 1.38 bits per heavy atom. The number of hydrogen-bond acceptors (Lipinski definition) is 3. The van der Waals surface area contributed by atoms with Gasteiger partial charge in [-0.2, -0.15) is 0 Å². The second-order valence-corrected chi connectivity index (χ2v) is 15.0. The van der Waals surface area contributed by atoms with Crippen LogP contribution in [0.5, 0.6) is 0 Å². The van der Waals surface area contributed by atoms with E-state index in [4.69, 9.17) is 12.7 Å². The van der Waals surface area contributed by atoms with Crippen LogP contribution < -0.4 is 0 Å². The second-order valence-electron chi connectivity index (χ2n) is 4.52. The highest BCUT2D eigenvalue weighted by Gasteiger charge is 2.29. The molecule has 6 heteroatoms. The van der Waals surface area contributed by atoms with Gasteiger partial charge < -0.3 is 12.7 Å². The first-order chi connectivity index (χ1) is 5.66. The molecule has 0 spiro atoms. The Morgan fingerprint density at radius 3 is 1.69 bits per heavy atom. The van der Waals surface area contributed by atoms with Crippen molar-refractivity contribution in [2.45, 2.75) is 39.3 Å². The Morgan fingerprint density at radius 1 is 0.923 bits per heavy atom. The average Bonchev–Trinajstić information content (AvgIpc) is 1.81. The molecule has 0 heterocycles. The van der Waals surface area contributed by atoms with E-state index >= 15 is 0 Å². The van der Waals surface area contributed by atoms with Crippen LogP contribution in [0.1, 0.15) is 0 Å². The zero-order chi connectivity index (χ0) is 10.7. The predicted octanol–water partition coefficient (Wildman–Crippen LogP) is 2.05. The maximum Gasteiger partial charge on any atom is 0.322 e. The van der Waals surface area contributed by atoms with Crippen LogP contribution in [0.25, 0.3) is 0 Å². The van der Waals surface area contributed by atoms with Crippen LogP contribution in [0, 0.1) is 0 Å². The van der Waals surface area contributed by atoms with Gasteiger partial charge in [0, 0.05) is 7.11 Å². The summed E-state index contributed by atoms with van der Waals surface area (Å²) in [6, 6.07) is 0. The van der Waals surface area contributed by atoms with Crippen LogP contribution >= 0.6 is 0 Å². The first-order valence-electron chi connectivity index (χ1n) is 4.57. The van der Waals surface area contributed by atoms with E-state index in [0.717, 1.165) is 0 Å². The van der Waals surface area contributed by atoms with Gasteiger partial charge in [-0.3, -0.25) is 0 Å². The third kappa shape index (κ3) is 7.59. The molecule has 80 valence electrons. The molecule has 0 aromatic heterocycles. The molecule has 0 aliphatic heterocycles. The largest absolute Gasteiger partial charge is 0.439 e. The highest BCUT2D eigenvalue weighted by atomic mass is 28.5. The first-order valence-corrected chi connectivity index (χ1v) is 12.9. The topological polar surface area (TPSA) is 27.7 Å². The van der Waals surface area contributed by atoms with E-state index in [1.807, 2.05) is 13.1 Å². The van der Waals surface area contributed by atoms with Crippen LogP contribution in [-0.4, -0.2) is 33.3 Å². The first kappa shape index (κ1) is 13.5. The minimum absolute atomic E-state index is 1.43. The quantitative estimate of drug-likeness (QED) is 0.686. The lowest BCUT2D eigenvalue weighted by molar-refractivity contribution is 0.292. The lowest BCUT2D eigenvalue weighted by Gasteiger charge is -2.29. The average molecular weight is 239 g/mol. The standard InChI is InChI=1S/C7H22O3Si3/c1-8-13(6,7)10-11(2)9-12(3,4)5/h11H,1-7H3. The SMILES string of the molecule is CO[Si](C)(C)O[SiH](C)O[Si](C)(C)C. The molecule has 0 aromatic rings. The van der Waals surface area contributed by atoms with Crippen molar-refractivity contribution in [3.8, 4) is 0 Å². The monoisotopic (exact) mass is 238 g/mol. The molecule has 0 rings (SSSR count). The molecule has 0 saturated heterocycles. The fourth-order valence-electron chi connectivity index (χ4n) is 0.970. The van der Waals surface area contributed by atoms with Gasteiger partial charge in [0.25, 0.3) is 9.28 Å². The highest BCUT2D eigenvalue weighted by Crippen LogP contribution is 2.11. The zero-order valence-corrected chi connectivity index (χ0v) is 13.0. The van der Waals surface area contributed by atoms with E-state index in [0.29, 0.717) is 0 Å². The van der Waals surface area contributed by atoms with E-state index < -0.39 is 26.2 Å². The van der Waals surface area contributed by atoms with Crippen molar-refractivity contribution in [2.75, 3.05) is 7.11 Å². The van der Waals surface area contributed by atoms with Crippen LogP contribution in [0.3, 0.4) is 0 Å².